The number of hydrogen-bond donors (Lipinski definition) is 3. The standard InChI is InChI=1S/C24H22N4O2S/c1-30-22-5-3-2-4-21(22)23(29)27-19-10-12-20(13-11-19)28-24(31)26-15-14-17-6-8-18(16-25)9-7-17/h2-13H,14-15H2,1H3,(H,27,29)(H2,26,28,31). The number of anilines is 2. The summed E-state index contributed by atoms with van der Waals surface area (Å²) >= 11 is 5.34. The molecule has 1 amide bonds. The zero-order valence-corrected chi connectivity index (χ0v) is 17.8. The van der Waals surface area contributed by atoms with E-state index >= 15 is 0 Å². The average Bonchev–Trinajstić information content (AvgIpc) is 2.80. The van der Waals surface area contributed by atoms with Gasteiger partial charge in [-0.2, -0.15) is 5.26 Å². The first kappa shape index (κ1) is 21.8. The number of nitrogens with one attached hydrogen (secondary N) is 3. The predicted molar refractivity (Wildman–Crippen MR) is 126 cm³/mol. The lowest BCUT2D eigenvalue weighted by Crippen LogP contribution is -2.30. The van der Waals surface area contributed by atoms with Crippen LogP contribution in [0.25, 0.3) is 0 Å². The quantitative estimate of drug-likeness (QED) is 0.483. The molecule has 0 saturated carbocycles. The third-order valence-corrected chi connectivity index (χ3v) is 4.78. The maximum atomic E-state index is 12.5. The minimum absolute atomic E-state index is 0.238. The molecule has 156 valence electrons. The molecule has 0 radical (unpaired) electrons. The van der Waals surface area contributed by atoms with E-state index in [0.717, 1.165) is 17.7 Å². The maximum Gasteiger partial charge on any atom is 0.259 e. The molecule has 0 heterocycles. The van der Waals surface area contributed by atoms with Crippen LogP contribution in [0, 0.1) is 11.3 Å². The van der Waals surface area contributed by atoms with Crippen LogP contribution in [0.15, 0.2) is 72.8 Å². The van der Waals surface area contributed by atoms with Gasteiger partial charge >= 0.3 is 0 Å². The molecule has 0 aliphatic heterocycles. The number of nitrogens with zero attached hydrogens (tertiary/aromatic N) is 1. The van der Waals surface area contributed by atoms with Crippen LogP contribution in [0.5, 0.6) is 5.75 Å². The van der Waals surface area contributed by atoms with E-state index in [9.17, 15) is 4.79 Å². The summed E-state index contributed by atoms with van der Waals surface area (Å²) in [5.41, 5.74) is 3.73. The number of carbonyl (C=O) groups is 1. The number of thiocarbonyl (C=S) groups is 1. The molecule has 0 bridgehead atoms. The molecular weight excluding hydrogens is 408 g/mol. The first-order valence-corrected chi connectivity index (χ1v) is 10.1. The molecule has 7 heteroatoms. The summed E-state index contributed by atoms with van der Waals surface area (Å²) in [7, 11) is 1.54. The van der Waals surface area contributed by atoms with Crippen molar-refractivity contribution in [2.24, 2.45) is 0 Å². The third kappa shape index (κ3) is 6.29. The van der Waals surface area contributed by atoms with E-state index in [0.29, 0.717) is 34.2 Å². The van der Waals surface area contributed by atoms with E-state index in [1.54, 1.807) is 42.5 Å². The Bertz CT molecular complexity index is 1090. The summed E-state index contributed by atoms with van der Waals surface area (Å²) in [5, 5.41) is 18.5. The van der Waals surface area contributed by atoms with Crippen molar-refractivity contribution in [2.75, 3.05) is 24.3 Å². The number of methoxy groups -OCH3 is 1. The lowest BCUT2D eigenvalue weighted by atomic mass is 10.1. The fourth-order valence-electron chi connectivity index (χ4n) is 2.91. The normalized spacial score (nSPS) is 9.94. The molecule has 0 aliphatic carbocycles. The van der Waals surface area contributed by atoms with Crippen molar-refractivity contribution in [1.82, 2.24) is 5.32 Å². The van der Waals surface area contributed by atoms with E-state index in [-0.39, 0.29) is 5.91 Å². The smallest absolute Gasteiger partial charge is 0.259 e. The van der Waals surface area contributed by atoms with Gasteiger partial charge in [0.25, 0.3) is 5.91 Å². The predicted octanol–water partition coefficient (Wildman–Crippen LogP) is 4.35. The van der Waals surface area contributed by atoms with Gasteiger partial charge in [0, 0.05) is 17.9 Å². The minimum atomic E-state index is -0.238. The molecule has 0 saturated heterocycles. The molecule has 0 fully saturated rings. The zero-order valence-electron chi connectivity index (χ0n) is 17.0. The van der Waals surface area contributed by atoms with Crippen LogP contribution in [-0.2, 0) is 6.42 Å². The van der Waals surface area contributed by atoms with Crippen LogP contribution in [0.3, 0.4) is 0 Å². The first-order valence-electron chi connectivity index (χ1n) is 9.67. The number of carbonyl (C=O) groups excluding carboxylic acids is 1. The molecule has 3 N–H and O–H groups in total. The Kier molecular flexibility index (Phi) is 7.57. The van der Waals surface area contributed by atoms with Gasteiger partial charge in [0.05, 0.1) is 24.3 Å². The number of ether oxygens (including phenoxy) is 1. The Morgan fingerprint density at radius 3 is 2.26 bits per heavy atom. The van der Waals surface area contributed by atoms with E-state index in [2.05, 4.69) is 22.0 Å². The van der Waals surface area contributed by atoms with Crippen molar-refractivity contribution >= 4 is 34.6 Å². The number of hydrogen-bond acceptors (Lipinski definition) is 4. The molecule has 31 heavy (non-hydrogen) atoms. The van der Waals surface area contributed by atoms with E-state index < -0.39 is 0 Å². The van der Waals surface area contributed by atoms with Gasteiger partial charge in [-0.1, -0.05) is 24.3 Å². The fraction of sp³-hybridized carbons (Fsp3) is 0.125. The zero-order chi connectivity index (χ0) is 22.1. The van der Waals surface area contributed by atoms with Crippen LogP contribution < -0.4 is 20.7 Å². The van der Waals surface area contributed by atoms with Gasteiger partial charge in [0.1, 0.15) is 5.75 Å². The van der Waals surface area contributed by atoms with E-state index in [1.165, 1.54) is 7.11 Å². The monoisotopic (exact) mass is 430 g/mol. The van der Waals surface area contributed by atoms with Crippen LogP contribution in [-0.4, -0.2) is 24.7 Å². The summed E-state index contributed by atoms with van der Waals surface area (Å²) in [5.74, 6) is 0.286. The Hall–Kier alpha value is -3.89. The summed E-state index contributed by atoms with van der Waals surface area (Å²) in [4.78, 5) is 12.5. The largest absolute Gasteiger partial charge is 0.496 e. The van der Waals surface area contributed by atoms with E-state index in [4.69, 9.17) is 22.2 Å². The Balaban J connectivity index is 1.47. The summed E-state index contributed by atoms with van der Waals surface area (Å²) in [6, 6.07) is 23.9. The van der Waals surface area contributed by atoms with Crippen molar-refractivity contribution in [3.8, 4) is 11.8 Å². The Labute approximate surface area is 186 Å². The lowest BCUT2D eigenvalue weighted by Gasteiger charge is -2.12. The SMILES string of the molecule is COc1ccccc1C(=O)Nc1ccc(NC(=S)NCCc2ccc(C#N)cc2)cc1. The topological polar surface area (TPSA) is 86.2 Å². The molecule has 0 unspecified atom stereocenters. The lowest BCUT2D eigenvalue weighted by molar-refractivity contribution is 0.102. The number of benzene rings is 3. The van der Waals surface area contributed by atoms with Crippen LogP contribution in [0.1, 0.15) is 21.5 Å². The third-order valence-electron chi connectivity index (χ3n) is 4.53. The number of nitriles is 1. The molecule has 3 aromatic rings. The highest BCUT2D eigenvalue weighted by molar-refractivity contribution is 7.80. The van der Waals surface area contributed by atoms with Gasteiger partial charge in [0.15, 0.2) is 5.11 Å². The minimum Gasteiger partial charge on any atom is -0.496 e. The second-order valence-corrected chi connectivity index (χ2v) is 7.08. The molecule has 3 rings (SSSR count). The molecule has 6 nitrogen and oxygen atoms in total. The summed E-state index contributed by atoms with van der Waals surface area (Å²) < 4.78 is 5.23. The van der Waals surface area contributed by atoms with Crippen molar-refractivity contribution in [2.45, 2.75) is 6.42 Å². The van der Waals surface area contributed by atoms with Crippen LogP contribution >= 0.6 is 12.2 Å². The Morgan fingerprint density at radius 1 is 0.968 bits per heavy atom. The van der Waals surface area contributed by atoms with Gasteiger partial charge in [0.2, 0.25) is 0 Å². The summed E-state index contributed by atoms with van der Waals surface area (Å²) in [6.07, 6.45) is 0.793. The highest BCUT2D eigenvalue weighted by atomic mass is 32.1. The molecule has 0 aromatic heterocycles. The molecule has 0 spiro atoms. The molecule has 3 aromatic carbocycles. The van der Waals surface area contributed by atoms with Crippen LogP contribution in [0.4, 0.5) is 11.4 Å². The van der Waals surface area contributed by atoms with Crippen molar-refractivity contribution in [1.29, 1.82) is 5.26 Å². The van der Waals surface area contributed by atoms with Gasteiger partial charge in [-0.15, -0.1) is 0 Å². The summed E-state index contributed by atoms with van der Waals surface area (Å²) in [6.45, 7) is 0.671. The number of para-hydroxylation sites is 1. The maximum absolute atomic E-state index is 12.5. The Morgan fingerprint density at radius 2 is 1.61 bits per heavy atom. The van der Waals surface area contributed by atoms with Crippen molar-refractivity contribution < 1.29 is 9.53 Å². The first-order chi connectivity index (χ1) is 15.1. The molecule has 0 atom stereocenters. The fourth-order valence-corrected chi connectivity index (χ4v) is 3.13. The average molecular weight is 431 g/mol. The second-order valence-electron chi connectivity index (χ2n) is 6.67. The second kappa shape index (κ2) is 10.8. The van der Waals surface area contributed by atoms with Gasteiger partial charge < -0.3 is 20.7 Å². The molecular formula is C24H22N4O2S. The van der Waals surface area contributed by atoms with Gasteiger partial charge in [-0.3, -0.25) is 4.79 Å². The number of amides is 1. The van der Waals surface area contributed by atoms with Gasteiger partial charge in [-0.05, 0) is 72.7 Å². The van der Waals surface area contributed by atoms with Crippen molar-refractivity contribution in [3.63, 3.8) is 0 Å². The number of rotatable bonds is 7. The molecule has 0 aliphatic rings. The highest BCUT2D eigenvalue weighted by Gasteiger charge is 2.11. The van der Waals surface area contributed by atoms with Crippen molar-refractivity contribution in [3.05, 3.63) is 89.5 Å². The van der Waals surface area contributed by atoms with E-state index in [1.807, 2.05) is 30.3 Å². The highest BCUT2D eigenvalue weighted by Crippen LogP contribution is 2.20. The van der Waals surface area contributed by atoms with Crippen LogP contribution in [0.2, 0.25) is 0 Å². The van der Waals surface area contributed by atoms with Gasteiger partial charge in [-0.25, -0.2) is 0 Å².